The SMILES string of the molecule is CSc1ccc(-c2ccc(C3(CC(=O)OC(C)(C)C)CCNCCS3(=O)=O)s2)cc1. The number of hydrogen-bond acceptors (Lipinski definition) is 7. The Bertz CT molecular complexity index is 990. The Morgan fingerprint density at radius 2 is 1.87 bits per heavy atom. The van der Waals surface area contributed by atoms with Crippen molar-refractivity contribution in [1.82, 2.24) is 5.32 Å². The van der Waals surface area contributed by atoms with Crippen molar-refractivity contribution in [3.05, 3.63) is 41.3 Å². The van der Waals surface area contributed by atoms with Crippen LogP contribution in [0.4, 0.5) is 0 Å². The van der Waals surface area contributed by atoms with E-state index in [1.807, 2.05) is 30.5 Å². The van der Waals surface area contributed by atoms with Gasteiger partial charge in [-0.15, -0.1) is 23.1 Å². The molecule has 1 aromatic heterocycles. The van der Waals surface area contributed by atoms with Gasteiger partial charge in [0.1, 0.15) is 10.3 Å². The molecular weight excluding hydrogens is 438 g/mol. The first-order valence-electron chi connectivity index (χ1n) is 9.96. The molecule has 1 aromatic carbocycles. The second-order valence-electron chi connectivity index (χ2n) is 8.47. The lowest BCUT2D eigenvalue weighted by molar-refractivity contribution is -0.155. The van der Waals surface area contributed by atoms with E-state index in [1.54, 1.807) is 32.5 Å². The summed E-state index contributed by atoms with van der Waals surface area (Å²) in [5, 5.41) is 3.17. The summed E-state index contributed by atoms with van der Waals surface area (Å²) in [6, 6.07) is 12.0. The molecule has 1 fully saturated rings. The lowest BCUT2D eigenvalue weighted by Gasteiger charge is -2.31. The van der Waals surface area contributed by atoms with Crippen molar-refractivity contribution in [2.24, 2.45) is 0 Å². The van der Waals surface area contributed by atoms with Gasteiger partial charge in [0.2, 0.25) is 0 Å². The molecule has 0 bridgehead atoms. The van der Waals surface area contributed by atoms with Crippen molar-refractivity contribution in [1.29, 1.82) is 0 Å². The summed E-state index contributed by atoms with van der Waals surface area (Å²) in [5.41, 5.74) is 0.380. The van der Waals surface area contributed by atoms with Gasteiger partial charge in [0, 0.05) is 21.2 Å². The molecule has 2 heterocycles. The number of thioether (sulfide) groups is 1. The Morgan fingerprint density at radius 3 is 2.50 bits per heavy atom. The maximum atomic E-state index is 13.4. The first-order chi connectivity index (χ1) is 14.1. The molecule has 1 saturated heterocycles. The summed E-state index contributed by atoms with van der Waals surface area (Å²) in [6.45, 7) is 6.32. The van der Waals surface area contributed by atoms with Gasteiger partial charge in [0.15, 0.2) is 9.84 Å². The lowest BCUT2D eigenvalue weighted by atomic mass is 9.97. The molecule has 0 spiro atoms. The van der Waals surface area contributed by atoms with Gasteiger partial charge in [-0.3, -0.25) is 4.79 Å². The van der Waals surface area contributed by atoms with E-state index >= 15 is 0 Å². The van der Waals surface area contributed by atoms with Crippen LogP contribution in [0.25, 0.3) is 10.4 Å². The molecule has 1 N–H and O–H groups in total. The Labute approximate surface area is 187 Å². The van der Waals surface area contributed by atoms with Crippen molar-refractivity contribution in [3.8, 4) is 10.4 Å². The maximum Gasteiger partial charge on any atom is 0.308 e. The zero-order valence-corrected chi connectivity index (χ0v) is 20.3. The largest absolute Gasteiger partial charge is 0.460 e. The number of hydrogen-bond donors (Lipinski definition) is 1. The van der Waals surface area contributed by atoms with Gasteiger partial charge < -0.3 is 10.1 Å². The van der Waals surface area contributed by atoms with E-state index in [0.29, 0.717) is 24.4 Å². The van der Waals surface area contributed by atoms with E-state index in [4.69, 9.17) is 4.74 Å². The van der Waals surface area contributed by atoms with Crippen molar-refractivity contribution in [3.63, 3.8) is 0 Å². The summed E-state index contributed by atoms with van der Waals surface area (Å²) in [5.74, 6) is -0.474. The average molecular weight is 468 g/mol. The third-order valence-corrected chi connectivity index (χ3v) is 9.84. The Kier molecular flexibility index (Phi) is 7.01. The number of carbonyl (C=O) groups excluding carboxylic acids is 1. The van der Waals surface area contributed by atoms with E-state index < -0.39 is 26.2 Å². The minimum Gasteiger partial charge on any atom is -0.460 e. The molecule has 164 valence electrons. The number of carbonyl (C=O) groups is 1. The zero-order chi connectivity index (χ0) is 22.0. The number of sulfone groups is 1. The number of esters is 1. The van der Waals surface area contributed by atoms with Crippen LogP contribution in [-0.2, 0) is 24.1 Å². The van der Waals surface area contributed by atoms with E-state index in [1.165, 1.54) is 16.2 Å². The van der Waals surface area contributed by atoms with Crippen LogP contribution in [0.1, 0.15) is 38.5 Å². The standard InChI is InChI=1S/C22H29NO4S3/c1-21(2,3)27-20(24)15-22(11-12-23-13-14-30(22,25)26)19-10-9-18(29-19)16-5-7-17(28-4)8-6-16/h5-10,23H,11-15H2,1-4H3. The summed E-state index contributed by atoms with van der Waals surface area (Å²) >= 11 is 3.13. The van der Waals surface area contributed by atoms with Crippen LogP contribution in [0.5, 0.6) is 0 Å². The van der Waals surface area contributed by atoms with Crippen LogP contribution in [0.3, 0.4) is 0 Å². The highest BCUT2D eigenvalue weighted by molar-refractivity contribution is 7.98. The van der Waals surface area contributed by atoms with Gasteiger partial charge in [-0.2, -0.15) is 0 Å². The molecule has 0 radical (unpaired) electrons. The van der Waals surface area contributed by atoms with Crippen LogP contribution in [0, 0.1) is 0 Å². The predicted octanol–water partition coefficient (Wildman–Crippen LogP) is 4.47. The monoisotopic (exact) mass is 467 g/mol. The number of thiophene rings is 1. The molecule has 1 atom stereocenters. The average Bonchev–Trinajstić information content (AvgIpc) is 3.10. The predicted molar refractivity (Wildman–Crippen MR) is 125 cm³/mol. The number of ether oxygens (including phenoxy) is 1. The van der Waals surface area contributed by atoms with E-state index in [-0.39, 0.29) is 12.2 Å². The molecule has 0 saturated carbocycles. The van der Waals surface area contributed by atoms with Crippen LogP contribution >= 0.6 is 23.1 Å². The third kappa shape index (κ3) is 5.10. The fraction of sp³-hybridized carbons (Fsp3) is 0.500. The highest BCUT2D eigenvalue weighted by Gasteiger charge is 2.49. The topological polar surface area (TPSA) is 72.5 Å². The van der Waals surface area contributed by atoms with Gasteiger partial charge in [-0.1, -0.05) is 12.1 Å². The molecule has 2 aromatic rings. The van der Waals surface area contributed by atoms with E-state index in [0.717, 1.165) is 10.4 Å². The van der Waals surface area contributed by atoms with Gasteiger partial charge in [0.05, 0.1) is 12.2 Å². The molecular formula is C22H29NO4S3. The molecule has 0 amide bonds. The molecule has 3 rings (SSSR count). The molecule has 5 nitrogen and oxygen atoms in total. The summed E-state index contributed by atoms with van der Waals surface area (Å²) in [6.07, 6.45) is 2.21. The van der Waals surface area contributed by atoms with Crippen LogP contribution in [-0.4, -0.2) is 45.1 Å². The van der Waals surface area contributed by atoms with Crippen molar-refractivity contribution in [2.45, 2.75) is 48.9 Å². The van der Waals surface area contributed by atoms with E-state index in [9.17, 15) is 13.2 Å². The second-order valence-corrected chi connectivity index (χ2v) is 12.9. The Balaban J connectivity index is 2.02. The summed E-state index contributed by atoms with van der Waals surface area (Å²) in [7, 11) is -3.56. The van der Waals surface area contributed by atoms with Crippen LogP contribution in [0.15, 0.2) is 41.3 Å². The van der Waals surface area contributed by atoms with Gasteiger partial charge >= 0.3 is 5.97 Å². The van der Waals surface area contributed by atoms with Gasteiger partial charge in [0.25, 0.3) is 0 Å². The summed E-state index contributed by atoms with van der Waals surface area (Å²) < 4.78 is 31.1. The van der Waals surface area contributed by atoms with Gasteiger partial charge in [-0.05, 0) is 69.8 Å². The minimum atomic E-state index is -3.56. The lowest BCUT2D eigenvalue weighted by Crippen LogP contribution is -2.40. The number of benzene rings is 1. The molecule has 30 heavy (non-hydrogen) atoms. The fourth-order valence-electron chi connectivity index (χ4n) is 3.64. The smallest absolute Gasteiger partial charge is 0.308 e. The Hall–Kier alpha value is -1.35. The zero-order valence-electron chi connectivity index (χ0n) is 17.9. The fourth-order valence-corrected chi connectivity index (χ4v) is 7.61. The number of nitrogens with one attached hydrogen (secondary N) is 1. The first-order valence-corrected chi connectivity index (χ1v) is 13.7. The molecule has 8 heteroatoms. The summed E-state index contributed by atoms with van der Waals surface area (Å²) in [4.78, 5) is 15.6. The molecule has 1 aliphatic heterocycles. The first kappa shape index (κ1) is 23.3. The second kappa shape index (κ2) is 9.02. The highest BCUT2D eigenvalue weighted by atomic mass is 32.2. The molecule has 1 aliphatic rings. The minimum absolute atomic E-state index is 0.00541. The Morgan fingerprint density at radius 1 is 1.17 bits per heavy atom. The van der Waals surface area contributed by atoms with Crippen molar-refractivity contribution >= 4 is 38.9 Å². The molecule has 1 unspecified atom stereocenters. The van der Waals surface area contributed by atoms with Gasteiger partial charge in [-0.25, -0.2) is 8.42 Å². The third-order valence-electron chi connectivity index (χ3n) is 5.13. The number of rotatable bonds is 5. The van der Waals surface area contributed by atoms with Crippen molar-refractivity contribution in [2.75, 3.05) is 25.1 Å². The van der Waals surface area contributed by atoms with Crippen LogP contribution < -0.4 is 5.32 Å². The normalized spacial score (nSPS) is 21.7. The maximum absolute atomic E-state index is 13.4. The molecule has 0 aliphatic carbocycles. The van der Waals surface area contributed by atoms with Crippen LogP contribution in [0.2, 0.25) is 0 Å². The van der Waals surface area contributed by atoms with E-state index in [2.05, 4.69) is 17.4 Å². The van der Waals surface area contributed by atoms with Crippen molar-refractivity contribution < 1.29 is 17.9 Å². The quantitative estimate of drug-likeness (QED) is 0.517. The highest BCUT2D eigenvalue weighted by Crippen LogP contribution is 2.45.